The molecule has 4 nitrogen and oxygen atoms in total. The molecule has 0 bridgehead atoms. The number of quaternary nitrogens is 4. The van der Waals surface area contributed by atoms with Gasteiger partial charge in [0.1, 0.15) is 0 Å². The number of alkyl halides is 1. The highest BCUT2D eigenvalue weighted by Gasteiger charge is 1.93. The first-order valence-corrected chi connectivity index (χ1v) is 3.68. The van der Waals surface area contributed by atoms with Crippen LogP contribution >= 0.6 is 11.6 Å². The van der Waals surface area contributed by atoms with Crippen molar-refractivity contribution >= 4 is 17.7 Å². The van der Waals surface area contributed by atoms with Crippen LogP contribution in [0.15, 0.2) is 30.8 Å². The summed E-state index contributed by atoms with van der Waals surface area (Å²) >= 11 is 5.66. The minimum Gasteiger partial charge on any atom is -0.369 e. The van der Waals surface area contributed by atoms with Crippen LogP contribution in [0.5, 0.6) is 0 Å². The summed E-state index contributed by atoms with van der Waals surface area (Å²) in [6, 6.07) is 7.96. The van der Waals surface area contributed by atoms with Gasteiger partial charge in [0.25, 0.3) is 0 Å². The predicted molar refractivity (Wildman–Crippen MR) is 70.0 cm³/mol. The Bertz CT molecular complexity index is 240. The molecule has 0 aliphatic heterocycles. The Labute approximate surface area is 90.7 Å². The SMILES string of the molecule is C=Cc1ccccc1CCl.[NH4+].[NH4+].[NH4+].[NH4+]. The second kappa shape index (κ2) is 12.1. The lowest BCUT2D eigenvalue weighted by atomic mass is 10.1. The molecular formula is C9H25ClN4+4. The van der Waals surface area contributed by atoms with Gasteiger partial charge < -0.3 is 24.6 Å². The number of hydrogen-bond acceptors (Lipinski definition) is 0. The lowest BCUT2D eigenvalue weighted by Crippen LogP contribution is -1.81. The molecule has 0 spiro atoms. The van der Waals surface area contributed by atoms with E-state index in [1.54, 1.807) is 0 Å². The van der Waals surface area contributed by atoms with Gasteiger partial charge in [-0.2, -0.15) is 0 Å². The van der Waals surface area contributed by atoms with Crippen LogP contribution in [0.1, 0.15) is 11.1 Å². The lowest BCUT2D eigenvalue weighted by molar-refractivity contribution is 1.38. The van der Waals surface area contributed by atoms with Crippen LogP contribution in [0.2, 0.25) is 0 Å². The highest BCUT2D eigenvalue weighted by molar-refractivity contribution is 6.17. The van der Waals surface area contributed by atoms with Gasteiger partial charge in [0.2, 0.25) is 0 Å². The Hall–Kier alpha value is -0.910. The molecule has 0 amide bonds. The van der Waals surface area contributed by atoms with Gasteiger partial charge in [-0.1, -0.05) is 36.9 Å². The maximum atomic E-state index is 5.66. The van der Waals surface area contributed by atoms with Crippen molar-refractivity contribution < 1.29 is 0 Å². The molecule has 0 aliphatic rings. The zero-order valence-corrected chi connectivity index (χ0v) is 10.4. The van der Waals surface area contributed by atoms with E-state index < -0.39 is 0 Å². The van der Waals surface area contributed by atoms with E-state index in [0.29, 0.717) is 5.88 Å². The topological polar surface area (TPSA) is 146 Å². The molecule has 0 atom stereocenters. The van der Waals surface area contributed by atoms with Crippen molar-refractivity contribution in [3.8, 4) is 0 Å². The summed E-state index contributed by atoms with van der Waals surface area (Å²) in [5, 5.41) is 0. The molecule has 0 aromatic heterocycles. The summed E-state index contributed by atoms with van der Waals surface area (Å²) in [6.07, 6.45) is 1.82. The number of halogens is 1. The molecule has 0 unspecified atom stereocenters. The van der Waals surface area contributed by atoms with Gasteiger partial charge in [-0.15, -0.1) is 11.6 Å². The van der Waals surface area contributed by atoms with Crippen molar-refractivity contribution in [1.82, 2.24) is 24.6 Å². The van der Waals surface area contributed by atoms with E-state index in [4.69, 9.17) is 11.6 Å². The standard InChI is InChI=1S/C9H9Cl.4H3N/c1-2-8-5-3-4-6-9(8)7-10;;;;/h2-6H,1,7H2;4*1H3/p+4. The second-order valence-electron chi connectivity index (χ2n) is 2.04. The van der Waals surface area contributed by atoms with Crippen molar-refractivity contribution in [2.45, 2.75) is 5.88 Å². The van der Waals surface area contributed by atoms with Gasteiger partial charge in [-0.25, -0.2) is 0 Å². The van der Waals surface area contributed by atoms with Gasteiger partial charge in [-0.3, -0.25) is 0 Å². The summed E-state index contributed by atoms with van der Waals surface area (Å²) in [4.78, 5) is 0. The van der Waals surface area contributed by atoms with E-state index in [2.05, 4.69) is 6.58 Å². The molecule has 1 aromatic carbocycles. The summed E-state index contributed by atoms with van der Waals surface area (Å²) < 4.78 is 0. The van der Waals surface area contributed by atoms with Crippen molar-refractivity contribution in [3.05, 3.63) is 42.0 Å². The summed E-state index contributed by atoms with van der Waals surface area (Å²) in [5.41, 5.74) is 2.26. The van der Waals surface area contributed by atoms with Gasteiger partial charge in [0, 0.05) is 5.88 Å². The third kappa shape index (κ3) is 5.69. The zero-order chi connectivity index (χ0) is 7.40. The number of rotatable bonds is 2. The largest absolute Gasteiger partial charge is 0.369 e. The first-order valence-electron chi connectivity index (χ1n) is 3.15. The molecule has 0 heterocycles. The number of benzene rings is 1. The maximum absolute atomic E-state index is 5.66. The van der Waals surface area contributed by atoms with Crippen LogP contribution in [-0.2, 0) is 5.88 Å². The Morgan fingerprint density at radius 2 is 1.57 bits per heavy atom. The monoisotopic (exact) mass is 224 g/mol. The van der Waals surface area contributed by atoms with Crippen LogP contribution in [0.3, 0.4) is 0 Å². The van der Waals surface area contributed by atoms with E-state index in [1.165, 1.54) is 0 Å². The summed E-state index contributed by atoms with van der Waals surface area (Å²) in [7, 11) is 0. The molecule has 0 radical (unpaired) electrons. The van der Waals surface area contributed by atoms with Crippen LogP contribution in [-0.4, -0.2) is 0 Å². The van der Waals surface area contributed by atoms with Crippen LogP contribution in [0, 0.1) is 0 Å². The summed E-state index contributed by atoms with van der Waals surface area (Å²) in [6.45, 7) is 3.68. The molecule has 84 valence electrons. The fourth-order valence-corrected chi connectivity index (χ4v) is 1.10. The predicted octanol–water partition coefficient (Wildman–Crippen LogP) is 4.57. The highest BCUT2D eigenvalue weighted by Crippen LogP contribution is 2.11. The van der Waals surface area contributed by atoms with Crippen LogP contribution in [0.4, 0.5) is 0 Å². The van der Waals surface area contributed by atoms with E-state index in [9.17, 15) is 0 Å². The fraction of sp³-hybridized carbons (Fsp3) is 0.111. The Balaban J connectivity index is -0.000000125. The van der Waals surface area contributed by atoms with Gasteiger partial charge in [0.05, 0.1) is 0 Å². The molecule has 16 N–H and O–H groups in total. The van der Waals surface area contributed by atoms with Crippen molar-refractivity contribution in [1.29, 1.82) is 0 Å². The van der Waals surface area contributed by atoms with E-state index in [-0.39, 0.29) is 24.6 Å². The smallest absolute Gasteiger partial charge is 0.0479 e. The fourth-order valence-electron chi connectivity index (χ4n) is 0.855. The minimum absolute atomic E-state index is 0. The highest BCUT2D eigenvalue weighted by atomic mass is 35.5. The van der Waals surface area contributed by atoms with Crippen molar-refractivity contribution in [2.75, 3.05) is 0 Å². The third-order valence-electron chi connectivity index (χ3n) is 1.42. The molecular weight excluding hydrogens is 200 g/mol. The minimum atomic E-state index is 0. The average molecular weight is 225 g/mol. The summed E-state index contributed by atoms with van der Waals surface area (Å²) in [5.74, 6) is 0.558. The zero-order valence-electron chi connectivity index (χ0n) is 9.68. The van der Waals surface area contributed by atoms with E-state index >= 15 is 0 Å². The molecule has 1 aromatic rings. The Kier molecular flexibility index (Phi) is 20.0. The molecule has 14 heavy (non-hydrogen) atoms. The average Bonchev–Trinajstić information content (AvgIpc) is 2.04. The van der Waals surface area contributed by atoms with Gasteiger partial charge in [-0.05, 0) is 11.1 Å². The molecule has 5 heteroatoms. The van der Waals surface area contributed by atoms with E-state index in [0.717, 1.165) is 11.1 Å². The third-order valence-corrected chi connectivity index (χ3v) is 1.71. The van der Waals surface area contributed by atoms with Crippen molar-refractivity contribution in [3.63, 3.8) is 0 Å². The van der Waals surface area contributed by atoms with E-state index in [1.807, 2.05) is 30.3 Å². The number of hydrogen-bond donors (Lipinski definition) is 4. The second-order valence-corrected chi connectivity index (χ2v) is 2.30. The molecule has 0 saturated carbocycles. The molecule has 0 saturated heterocycles. The maximum Gasteiger partial charge on any atom is 0.0479 e. The Morgan fingerprint density at radius 3 is 1.93 bits per heavy atom. The normalized spacial score (nSPS) is 6.64. The molecule has 0 fully saturated rings. The lowest BCUT2D eigenvalue weighted by Gasteiger charge is -1.98. The molecule has 0 aliphatic carbocycles. The Morgan fingerprint density at radius 1 is 1.07 bits per heavy atom. The van der Waals surface area contributed by atoms with Crippen LogP contribution < -0.4 is 24.6 Å². The van der Waals surface area contributed by atoms with Gasteiger partial charge in [0.15, 0.2) is 0 Å². The molecule has 1 rings (SSSR count). The first kappa shape index (κ1) is 23.2. The van der Waals surface area contributed by atoms with Crippen LogP contribution in [0.25, 0.3) is 6.08 Å². The van der Waals surface area contributed by atoms with Crippen molar-refractivity contribution in [2.24, 2.45) is 0 Å². The first-order chi connectivity index (χ1) is 4.88. The quantitative estimate of drug-likeness (QED) is 0.521. The van der Waals surface area contributed by atoms with Gasteiger partial charge >= 0.3 is 0 Å².